The number of methoxy groups -OCH3 is 2. The largest absolute Gasteiger partial charge is 0.573 e. The molecule has 3 rings (SSSR count). The minimum Gasteiger partial charge on any atom is -0.467 e. The van der Waals surface area contributed by atoms with Crippen molar-refractivity contribution in [2.45, 2.75) is 45.3 Å². The SMILES string of the molecule is COc1nc(NCCc2ccc(OC(F)(F)F)cc2)cc(N2CCCC(CC(=O)OC(C)OC)C2)n1. The third-order valence-corrected chi connectivity index (χ3v) is 5.68. The van der Waals surface area contributed by atoms with E-state index in [2.05, 4.69) is 24.9 Å². The van der Waals surface area contributed by atoms with Gasteiger partial charge in [-0.15, -0.1) is 13.2 Å². The van der Waals surface area contributed by atoms with Gasteiger partial charge in [-0.2, -0.15) is 9.97 Å². The number of nitrogens with one attached hydrogen (secondary N) is 1. The van der Waals surface area contributed by atoms with Crippen molar-refractivity contribution >= 4 is 17.6 Å². The first-order valence-corrected chi connectivity index (χ1v) is 11.6. The molecule has 1 saturated heterocycles. The fraction of sp³-hybridized carbons (Fsp3) is 0.542. The lowest BCUT2D eigenvalue weighted by Crippen LogP contribution is -2.37. The van der Waals surface area contributed by atoms with Gasteiger partial charge in [-0.05, 0) is 49.8 Å². The molecule has 198 valence electrons. The molecule has 0 saturated carbocycles. The van der Waals surface area contributed by atoms with Gasteiger partial charge >= 0.3 is 18.3 Å². The number of carbonyl (C=O) groups is 1. The highest BCUT2D eigenvalue weighted by Crippen LogP contribution is 2.27. The van der Waals surface area contributed by atoms with Crippen molar-refractivity contribution in [2.24, 2.45) is 5.92 Å². The number of halogens is 3. The van der Waals surface area contributed by atoms with Gasteiger partial charge in [0.2, 0.25) is 0 Å². The van der Waals surface area contributed by atoms with Crippen LogP contribution in [0.15, 0.2) is 30.3 Å². The van der Waals surface area contributed by atoms with Crippen LogP contribution in [-0.4, -0.2) is 62.4 Å². The van der Waals surface area contributed by atoms with Crippen LogP contribution in [0.3, 0.4) is 0 Å². The van der Waals surface area contributed by atoms with E-state index in [-0.39, 0.29) is 23.6 Å². The van der Waals surface area contributed by atoms with Gasteiger partial charge in [-0.3, -0.25) is 4.79 Å². The van der Waals surface area contributed by atoms with Crippen LogP contribution in [0.2, 0.25) is 0 Å². The van der Waals surface area contributed by atoms with Gasteiger partial charge in [-0.1, -0.05) is 12.1 Å². The lowest BCUT2D eigenvalue weighted by molar-refractivity contribution is -0.274. The van der Waals surface area contributed by atoms with E-state index in [0.717, 1.165) is 24.9 Å². The molecule has 0 radical (unpaired) electrons. The summed E-state index contributed by atoms with van der Waals surface area (Å²) in [5.41, 5.74) is 0.840. The Balaban J connectivity index is 1.58. The Kier molecular flexibility index (Phi) is 9.57. The highest BCUT2D eigenvalue weighted by Gasteiger charge is 2.31. The molecule has 0 aliphatic carbocycles. The van der Waals surface area contributed by atoms with Crippen LogP contribution < -0.4 is 19.7 Å². The molecule has 1 aliphatic rings. The molecule has 2 aromatic rings. The molecule has 1 aromatic carbocycles. The van der Waals surface area contributed by atoms with E-state index >= 15 is 0 Å². The highest BCUT2D eigenvalue weighted by atomic mass is 19.4. The van der Waals surface area contributed by atoms with Crippen molar-refractivity contribution in [1.29, 1.82) is 0 Å². The Hall–Kier alpha value is -3.28. The molecule has 0 spiro atoms. The van der Waals surface area contributed by atoms with Gasteiger partial charge in [0.05, 0.1) is 13.5 Å². The second-order valence-electron chi connectivity index (χ2n) is 8.42. The third kappa shape index (κ3) is 8.74. The second-order valence-corrected chi connectivity index (χ2v) is 8.42. The third-order valence-electron chi connectivity index (χ3n) is 5.68. The van der Waals surface area contributed by atoms with E-state index in [0.29, 0.717) is 37.6 Å². The maximum Gasteiger partial charge on any atom is 0.573 e. The van der Waals surface area contributed by atoms with Crippen LogP contribution in [0.5, 0.6) is 11.8 Å². The van der Waals surface area contributed by atoms with Crippen LogP contribution >= 0.6 is 0 Å². The normalized spacial score (nSPS) is 16.8. The Morgan fingerprint density at radius 3 is 2.64 bits per heavy atom. The fourth-order valence-electron chi connectivity index (χ4n) is 3.91. The van der Waals surface area contributed by atoms with E-state index < -0.39 is 12.7 Å². The topological polar surface area (TPSA) is 95.0 Å². The number of hydrogen-bond donors (Lipinski definition) is 1. The number of ether oxygens (including phenoxy) is 4. The monoisotopic (exact) mass is 512 g/mol. The Morgan fingerprint density at radius 1 is 1.22 bits per heavy atom. The number of aromatic nitrogens is 2. The van der Waals surface area contributed by atoms with E-state index in [1.54, 1.807) is 19.1 Å². The fourth-order valence-corrected chi connectivity index (χ4v) is 3.91. The molecule has 2 unspecified atom stereocenters. The first-order valence-electron chi connectivity index (χ1n) is 11.6. The lowest BCUT2D eigenvalue weighted by atomic mass is 9.95. The summed E-state index contributed by atoms with van der Waals surface area (Å²) in [5, 5.41) is 3.21. The summed E-state index contributed by atoms with van der Waals surface area (Å²) < 4.78 is 56.3. The predicted octanol–water partition coefficient (Wildman–Crippen LogP) is 4.18. The molecule has 2 heterocycles. The molecule has 9 nitrogen and oxygen atoms in total. The zero-order valence-electron chi connectivity index (χ0n) is 20.5. The Morgan fingerprint density at radius 2 is 1.97 bits per heavy atom. The number of hydrogen-bond acceptors (Lipinski definition) is 9. The summed E-state index contributed by atoms with van der Waals surface area (Å²) in [6.45, 7) is 3.59. The van der Waals surface area contributed by atoms with Crippen molar-refractivity contribution in [3.63, 3.8) is 0 Å². The maximum atomic E-state index is 12.3. The second kappa shape index (κ2) is 12.6. The van der Waals surface area contributed by atoms with Crippen molar-refractivity contribution in [3.05, 3.63) is 35.9 Å². The Labute approximate surface area is 207 Å². The van der Waals surface area contributed by atoms with Gasteiger partial charge in [-0.25, -0.2) is 0 Å². The maximum absolute atomic E-state index is 12.3. The summed E-state index contributed by atoms with van der Waals surface area (Å²) in [5.74, 6) is 0.810. The zero-order chi connectivity index (χ0) is 26.1. The quantitative estimate of drug-likeness (QED) is 0.351. The number of piperidine rings is 1. The van der Waals surface area contributed by atoms with Crippen LogP contribution in [0.25, 0.3) is 0 Å². The number of nitrogens with zero attached hydrogens (tertiary/aromatic N) is 3. The zero-order valence-corrected chi connectivity index (χ0v) is 20.5. The highest BCUT2D eigenvalue weighted by molar-refractivity contribution is 5.70. The van der Waals surface area contributed by atoms with E-state index in [4.69, 9.17) is 14.2 Å². The number of esters is 1. The van der Waals surface area contributed by atoms with Gasteiger partial charge in [0.25, 0.3) is 0 Å². The van der Waals surface area contributed by atoms with Crippen LogP contribution in [-0.2, 0) is 20.7 Å². The van der Waals surface area contributed by atoms with Crippen molar-refractivity contribution < 1.29 is 36.9 Å². The van der Waals surface area contributed by atoms with Crippen molar-refractivity contribution in [2.75, 3.05) is 44.1 Å². The number of rotatable bonds is 11. The van der Waals surface area contributed by atoms with E-state index in [9.17, 15) is 18.0 Å². The number of alkyl halides is 3. The minimum atomic E-state index is -4.72. The van der Waals surface area contributed by atoms with Crippen LogP contribution in [0, 0.1) is 5.92 Å². The average molecular weight is 513 g/mol. The van der Waals surface area contributed by atoms with Crippen molar-refractivity contribution in [1.82, 2.24) is 9.97 Å². The smallest absolute Gasteiger partial charge is 0.467 e. The standard InChI is InChI=1S/C24H31F3N4O5/c1-16(33-2)35-22(32)13-18-5-4-12-31(15-18)21-14-20(29-23(30-21)34-3)28-11-10-17-6-8-19(9-7-17)36-24(25,26)27/h6-9,14,16,18H,4-5,10-13,15H2,1-3H3,(H,28,29,30). The molecule has 36 heavy (non-hydrogen) atoms. The summed E-state index contributed by atoms with van der Waals surface area (Å²) >= 11 is 0. The first kappa shape index (κ1) is 27.3. The molecule has 0 amide bonds. The predicted molar refractivity (Wildman–Crippen MR) is 126 cm³/mol. The molecule has 12 heteroatoms. The number of carbonyl (C=O) groups excluding carboxylic acids is 1. The summed E-state index contributed by atoms with van der Waals surface area (Å²) in [6.07, 6.45) is -2.63. The molecule has 1 aromatic heterocycles. The Bertz CT molecular complexity index is 991. The molecular weight excluding hydrogens is 481 g/mol. The molecule has 1 fully saturated rings. The molecule has 0 bridgehead atoms. The number of anilines is 2. The lowest BCUT2D eigenvalue weighted by Gasteiger charge is -2.33. The number of benzene rings is 1. The molecular formula is C24H31F3N4O5. The summed E-state index contributed by atoms with van der Waals surface area (Å²) in [7, 11) is 2.97. The van der Waals surface area contributed by atoms with Crippen molar-refractivity contribution in [3.8, 4) is 11.8 Å². The van der Waals surface area contributed by atoms with Crippen LogP contribution in [0.4, 0.5) is 24.8 Å². The average Bonchev–Trinajstić information content (AvgIpc) is 2.84. The molecule has 1 N–H and O–H groups in total. The summed E-state index contributed by atoms with van der Waals surface area (Å²) in [6, 6.07) is 7.76. The first-order chi connectivity index (χ1) is 17.1. The van der Waals surface area contributed by atoms with E-state index in [1.165, 1.54) is 26.4 Å². The molecule has 1 aliphatic heterocycles. The van der Waals surface area contributed by atoms with Gasteiger partial charge < -0.3 is 29.2 Å². The minimum absolute atomic E-state index is 0.122. The molecule has 2 atom stereocenters. The van der Waals surface area contributed by atoms with Gasteiger partial charge in [0.1, 0.15) is 17.4 Å². The van der Waals surface area contributed by atoms with Crippen LogP contribution in [0.1, 0.15) is 31.7 Å². The van der Waals surface area contributed by atoms with Gasteiger partial charge in [0.15, 0.2) is 6.29 Å². The van der Waals surface area contributed by atoms with Gasteiger partial charge in [0, 0.05) is 32.8 Å². The van der Waals surface area contributed by atoms with E-state index in [1.807, 2.05) is 6.07 Å². The summed E-state index contributed by atoms with van der Waals surface area (Å²) in [4.78, 5) is 23.1.